The molecule has 4 amide bonds. The Labute approximate surface area is 156 Å². The highest BCUT2D eigenvalue weighted by Crippen LogP contribution is 2.10. The second kappa shape index (κ2) is 9.76. The number of hydrogen-bond donors (Lipinski definition) is 3. The maximum Gasteiger partial charge on any atom is 0.257 e. The fourth-order valence-corrected chi connectivity index (χ4v) is 2.59. The molecule has 0 saturated carbocycles. The average Bonchev–Trinajstić information content (AvgIpc) is 2.83. The molecule has 2 rings (SSSR count). The maximum absolute atomic E-state index is 11.9. The second-order valence-electron chi connectivity index (χ2n) is 5.91. The number of rotatable bonds is 5. The van der Waals surface area contributed by atoms with Crippen molar-refractivity contribution in [3.8, 4) is 0 Å². The molecule has 140 valence electrons. The van der Waals surface area contributed by atoms with Crippen LogP contribution in [0.2, 0.25) is 5.02 Å². The van der Waals surface area contributed by atoms with Crippen LogP contribution >= 0.6 is 11.6 Å². The van der Waals surface area contributed by atoms with E-state index in [9.17, 15) is 19.2 Å². The summed E-state index contributed by atoms with van der Waals surface area (Å²) in [4.78, 5) is 48.7. The molecule has 1 aromatic rings. The Morgan fingerprint density at radius 3 is 2.42 bits per heavy atom. The molecule has 0 bridgehead atoms. The zero-order chi connectivity index (χ0) is 18.9. The summed E-state index contributed by atoms with van der Waals surface area (Å²) in [5, 5.41) is 2.93. The molecule has 1 saturated heterocycles. The van der Waals surface area contributed by atoms with Gasteiger partial charge in [-0.05, 0) is 37.1 Å². The van der Waals surface area contributed by atoms with Crippen molar-refractivity contribution in [1.82, 2.24) is 21.1 Å². The number of likely N-dealkylation sites (tertiary alicyclic amines) is 1. The first-order valence-electron chi connectivity index (χ1n) is 8.35. The Hall–Kier alpha value is -2.61. The summed E-state index contributed by atoms with van der Waals surface area (Å²) in [6, 6.07) is 6.22. The molecule has 8 nitrogen and oxygen atoms in total. The van der Waals surface area contributed by atoms with Gasteiger partial charge >= 0.3 is 0 Å². The van der Waals surface area contributed by atoms with E-state index < -0.39 is 17.7 Å². The molecule has 1 aliphatic heterocycles. The van der Waals surface area contributed by atoms with E-state index in [1.165, 1.54) is 17.0 Å². The standard InChI is InChI=1S/C17H21ClN4O4/c18-13-7-5-12(6-8-13)17(26)19-10-14(23)20-21-15(24)11-22-9-3-1-2-4-16(22)25/h5-8H,1-4,9-11H2,(H,19,26)(H,20,23)(H,21,24). The van der Waals surface area contributed by atoms with Crippen LogP contribution in [0.5, 0.6) is 0 Å². The number of benzene rings is 1. The molecule has 0 spiro atoms. The lowest BCUT2D eigenvalue weighted by molar-refractivity contribution is -0.136. The second-order valence-corrected chi connectivity index (χ2v) is 6.35. The molecule has 1 fully saturated rings. The van der Waals surface area contributed by atoms with Gasteiger partial charge in [-0.25, -0.2) is 0 Å². The van der Waals surface area contributed by atoms with Crippen LogP contribution in [0.25, 0.3) is 0 Å². The average molecular weight is 381 g/mol. The van der Waals surface area contributed by atoms with Crippen molar-refractivity contribution in [3.05, 3.63) is 34.9 Å². The van der Waals surface area contributed by atoms with Gasteiger partial charge in [0.1, 0.15) is 6.54 Å². The fourth-order valence-electron chi connectivity index (χ4n) is 2.47. The van der Waals surface area contributed by atoms with E-state index in [1.54, 1.807) is 12.1 Å². The van der Waals surface area contributed by atoms with Gasteiger partial charge < -0.3 is 10.2 Å². The predicted molar refractivity (Wildman–Crippen MR) is 95.1 cm³/mol. The van der Waals surface area contributed by atoms with Crippen molar-refractivity contribution in [3.63, 3.8) is 0 Å². The highest BCUT2D eigenvalue weighted by atomic mass is 35.5. The third-order valence-electron chi connectivity index (χ3n) is 3.86. The third kappa shape index (κ3) is 6.36. The number of hydrogen-bond acceptors (Lipinski definition) is 4. The summed E-state index contributed by atoms with van der Waals surface area (Å²) in [6.07, 6.45) is 3.10. The Bertz CT molecular complexity index is 678. The minimum absolute atomic E-state index is 0.0563. The predicted octanol–water partition coefficient (Wildman–Crippen LogP) is 0.620. The van der Waals surface area contributed by atoms with Crippen molar-refractivity contribution >= 4 is 35.2 Å². The van der Waals surface area contributed by atoms with Crippen molar-refractivity contribution in [2.45, 2.75) is 25.7 Å². The Kier molecular flexibility index (Phi) is 7.40. The summed E-state index contributed by atoms with van der Waals surface area (Å²) in [7, 11) is 0. The van der Waals surface area contributed by atoms with Gasteiger partial charge in [0.25, 0.3) is 17.7 Å². The number of carbonyl (C=O) groups is 4. The van der Waals surface area contributed by atoms with Crippen molar-refractivity contribution < 1.29 is 19.2 Å². The van der Waals surface area contributed by atoms with Gasteiger partial charge in [-0.3, -0.25) is 30.0 Å². The largest absolute Gasteiger partial charge is 0.343 e. The monoisotopic (exact) mass is 380 g/mol. The molecular weight excluding hydrogens is 360 g/mol. The highest BCUT2D eigenvalue weighted by molar-refractivity contribution is 6.30. The summed E-state index contributed by atoms with van der Waals surface area (Å²) in [6.45, 7) is 0.137. The van der Waals surface area contributed by atoms with Crippen molar-refractivity contribution in [2.24, 2.45) is 0 Å². The molecular formula is C17H21ClN4O4. The fraction of sp³-hybridized carbons (Fsp3) is 0.412. The Morgan fingerprint density at radius 2 is 1.69 bits per heavy atom. The first-order chi connectivity index (χ1) is 12.5. The van der Waals surface area contributed by atoms with E-state index in [0.717, 1.165) is 19.3 Å². The first-order valence-corrected chi connectivity index (χ1v) is 8.73. The smallest absolute Gasteiger partial charge is 0.257 e. The molecule has 0 radical (unpaired) electrons. The Balaban J connectivity index is 1.69. The lowest BCUT2D eigenvalue weighted by Gasteiger charge is -2.19. The minimum Gasteiger partial charge on any atom is -0.343 e. The van der Waals surface area contributed by atoms with Crippen LogP contribution in [0, 0.1) is 0 Å². The molecule has 0 unspecified atom stereocenters. The van der Waals surface area contributed by atoms with Gasteiger partial charge in [0.05, 0.1) is 6.54 Å². The molecule has 1 aromatic carbocycles. The van der Waals surface area contributed by atoms with Crippen LogP contribution in [-0.4, -0.2) is 48.2 Å². The molecule has 9 heteroatoms. The molecule has 26 heavy (non-hydrogen) atoms. The van der Waals surface area contributed by atoms with E-state index in [-0.39, 0.29) is 19.0 Å². The highest BCUT2D eigenvalue weighted by Gasteiger charge is 2.19. The molecule has 0 atom stereocenters. The number of carbonyl (C=O) groups excluding carboxylic acids is 4. The molecule has 1 heterocycles. The van der Waals surface area contributed by atoms with Gasteiger partial charge in [-0.1, -0.05) is 18.0 Å². The van der Waals surface area contributed by atoms with E-state index >= 15 is 0 Å². The third-order valence-corrected chi connectivity index (χ3v) is 4.12. The number of nitrogens with zero attached hydrogens (tertiary/aromatic N) is 1. The van der Waals surface area contributed by atoms with Crippen LogP contribution in [0.3, 0.4) is 0 Å². The zero-order valence-corrected chi connectivity index (χ0v) is 15.0. The van der Waals surface area contributed by atoms with E-state index in [4.69, 9.17) is 11.6 Å². The van der Waals surface area contributed by atoms with E-state index in [0.29, 0.717) is 23.6 Å². The van der Waals surface area contributed by atoms with Gasteiger partial charge in [-0.2, -0.15) is 0 Å². The lowest BCUT2D eigenvalue weighted by Crippen LogP contribution is -2.50. The normalized spacial score (nSPS) is 14.3. The summed E-state index contributed by atoms with van der Waals surface area (Å²) < 4.78 is 0. The number of nitrogens with one attached hydrogen (secondary N) is 3. The number of hydrazine groups is 1. The van der Waals surface area contributed by atoms with Crippen LogP contribution in [-0.2, 0) is 14.4 Å². The zero-order valence-electron chi connectivity index (χ0n) is 14.2. The molecule has 1 aliphatic rings. The number of amides is 4. The minimum atomic E-state index is -0.581. The first kappa shape index (κ1) is 19.7. The Morgan fingerprint density at radius 1 is 1.00 bits per heavy atom. The van der Waals surface area contributed by atoms with Gasteiger partial charge in [0.15, 0.2) is 0 Å². The SMILES string of the molecule is O=C(CNC(=O)c1ccc(Cl)cc1)NNC(=O)CN1CCCCCC1=O. The van der Waals surface area contributed by atoms with E-state index in [2.05, 4.69) is 16.2 Å². The summed E-state index contributed by atoms with van der Waals surface area (Å²) >= 11 is 5.74. The molecule has 0 aromatic heterocycles. The quantitative estimate of drug-likeness (QED) is 0.651. The van der Waals surface area contributed by atoms with Crippen LogP contribution in [0.4, 0.5) is 0 Å². The molecule has 3 N–H and O–H groups in total. The summed E-state index contributed by atoms with van der Waals surface area (Å²) in [5.41, 5.74) is 4.81. The van der Waals surface area contributed by atoms with E-state index in [1.807, 2.05) is 0 Å². The topological polar surface area (TPSA) is 108 Å². The van der Waals surface area contributed by atoms with Crippen molar-refractivity contribution in [2.75, 3.05) is 19.6 Å². The van der Waals surface area contributed by atoms with Gasteiger partial charge in [0.2, 0.25) is 5.91 Å². The van der Waals surface area contributed by atoms with Gasteiger partial charge in [-0.15, -0.1) is 0 Å². The van der Waals surface area contributed by atoms with Gasteiger partial charge in [0, 0.05) is 23.6 Å². The maximum atomic E-state index is 11.9. The number of halogens is 1. The van der Waals surface area contributed by atoms with Crippen molar-refractivity contribution in [1.29, 1.82) is 0 Å². The lowest BCUT2D eigenvalue weighted by atomic mass is 10.2. The van der Waals surface area contributed by atoms with Crippen LogP contribution in [0.15, 0.2) is 24.3 Å². The molecule has 0 aliphatic carbocycles. The summed E-state index contributed by atoms with van der Waals surface area (Å²) in [5.74, 6) is -1.56. The van der Waals surface area contributed by atoms with Crippen LogP contribution in [0.1, 0.15) is 36.0 Å². The van der Waals surface area contributed by atoms with Crippen LogP contribution < -0.4 is 16.2 Å².